The molecule has 0 radical (unpaired) electrons. The zero-order valence-corrected chi connectivity index (χ0v) is 16.7. The molecule has 0 atom stereocenters. The van der Waals surface area contributed by atoms with E-state index in [-0.39, 0.29) is 5.41 Å². The number of carbonyl (C=O) groups excluding carboxylic acids is 1. The van der Waals surface area contributed by atoms with Gasteiger partial charge in [0.05, 0.1) is 11.2 Å². The summed E-state index contributed by atoms with van der Waals surface area (Å²) in [4.78, 5) is 34.8. The van der Waals surface area contributed by atoms with E-state index in [2.05, 4.69) is 29.8 Å². The molecule has 4 aromatic rings. The van der Waals surface area contributed by atoms with Crippen molar-refractivity contribution in [2.45, 2.75) is 19.8 Å². The third-order valence-corrected chi connectivity index (χ3v) is 5.85. The van der Waals surface area contributed by atoms with Crippen LogP contribution in [0.15, 0.2) is 55.0 Å². The number of pyridine rings is 3. The first-order valence-corrected chi connectivity index (χ1v) is 10.1. The third-order valence-electron chi connectivity index (χ3n) is 5.85. The zero-order valence-electron chi connectivity index (χ0n) is 16.7. The van der Waals surface area contributed by atoms with E-state index in [1.807, 2.05) is 55.7 Å². The van der Waals surface area contributed by atoms with Crippen LogP contribution >= 0.6 is 0 Å². The van der Waals surface area contributed by atoms with Crippen LogP contribution in [0.4, 0.5) is 5.82 Å². The van der Waals surface area contributed by atoms with Crippen LogP contribution in [0.25, 0.3) is 33.8 Å². The maximum absolute atomic E-state index is 11.2. The van der Waals surface area contributed by atoms with Crippen LogP contribution in [0.3, 0.4) is 0 Å². The normalized spacial score (nSPS) is 16.0. The van der Waals surface area contributed by atoms with Crippen LogP contribution in [0.2, 0.25) is 0 Å². The highest BCUT2D eigenvalue weighted by atomic mass is 16.1. The van der Waals surface area contributed by atoms with Gasteiger partial charge in [-0.05, 0) is 49.2 Å². The number of carbonyl (C=O) groups is 1. The van der Waals surface area contributed by atoms with Gasteiger partial charge in [0.25, 0.3) is 0 Å². The number of anilines is 1. The predicted octanol–water partition coefficient (Wildman–Crippen LogP) is 3.89. The molecule has 0 aromatic carbocycles. The number of aromatic nitrogens is 5. The fourth-order valence-corrected chi connectivity index (χ4v) is 3.78. The first kappa shape index (κ1) is 18.4. The van der Waals surface area contributed by atoms with Crippen LogP contribution in [0.5, 0.6) is 0 Å². The summed E-state index contributed by atoms with van der Waals surface area (Å²) >= 11 is 0. The van der Waals surface area contributed by atoms with Crippen LogP contribution in [0.1, 0.15) is 19.8 Å². The number of H-pyrrole nitrogens is 1. The molecule has 4 aromatic heterocycles. The van der Waals surface area contributed by atoms with Crippen molar-refractivity contribution < 1.29 is 4.79 Å². The van der Waals surface area contributed by atoms with Crippen molar-refractivity contribution in [2.75, 3.05) is 18.0 Å². The Morgan fingerprint density at radius 2 is 1.80 bits per heavy atom. The fourth-order valence-electron chi connectivity index (χ4n) is 3.78. The number of aldehydes is 1. The number of imidazole rings is 1. The maximum Gasteiger partial charge on any atom is 0.178 e. The Morgan fingerprint density at radius 3 is 2.47 bits per heavy atom. The zero-order chi connectivity index (χ0) is 20.6. The second kappa shape index (κ2) is 7.33. The molecule has 7 nitrogen and oxygen atoms in total. The Hall–Kier alpha value is -3.61. The second-order valence-corrected chi connectivity index (χ2v) is 8.06. The number of hydrogen-bond acceptors (Lipinski definition) is 6. The van der Waals surface area contributed by atoms with Gasteiger partial charge < -0.3 is 14.7 Å². The van der Waals surface area contributed by atoms with E-state index in [0.29, 0.717) is 5.65 Å². The van der Waals surface area contributed by atoms with Gasteiger partial charge in [0, 0.05) is 48.2 Å². The second-order valence-electron chi connectivity index (χ2n) is 8.06. The van der Waals surface area contributed by atoms with Gasteiger partial charge in [-0.1, -0.05) is 6.92 Å². The van der Waals surface area contributed by atoms with Gasteiger partial charge in [-0.15, -0.1) is 0 Å². The van der Waals surface area contributed by atoms with Crippen molar-refractivity contribution in [1.82, 2.24) is 24.9 Å². The molecule has 0 spiro atoms. The first-order chi connectivity index (χ1) is 14.6. The topological polar surface area (TPSA) is 87.7 Å². The minimum absolute atomic E-state index is 0.196. The molecule has 0 unspecified atom stereocenters. The van der Waals surface area contributed by atoms with E-state index < -0.39 is 0 Å². The summed E-state index contributed by atoms with van der Waals surface area (Å²) in [5, 5.41) is 0. The largest absolute Gasteiger partial charge is 0.357 e. The van der Waals surface area contributed by atoms with Gasteiger partial charge in [-0.3, -0.25) is 4.98 Å². The number of aromatic amines is 1. The average molecular weight is 398 g/mol. The van der Waals surface area contributed by atoms with Gasteiger partial charge in [0.1, 0.15) is 17.9 Å². The van der Waals surface area contributed by atoms with Crippen molar-refractivity contribution in [1.29, 1.82) is 0 Å². The van der Waals surface area contributed by atoms with E-state index in [1.165, 1.54) is 0 Å². The Morgan fingerprint density at radius 1 is 1.00 bits per heavy atom. The highest BCUT2D eigenvalue weighted by Gasteiger charge is 2.30. The molecular formula is C23H22N6O. The summed E-state index contributed by atoms with van der Waals surface area (Å²) in [5.74, 6) is 1.70. The first-order valence-electron chi connectivity index (χ1n) is 10.1. The molecule has 1 fully saturated rings. The Labute approximate surface area is 174 Å². The standard InChI is InChI=1S/C23H22N6O/c1-23(15-30)8-11-29(12-9-23)20-7-5-16(13-26-20)18-6-4-17(14-25-18)21-27-19-3-2-10-24-22(19)28-21/h2-7,10,13-15H,8-9,11-12H2,1H3,(H,24,27,28). The van der Waals surface area contributed by atoms with E-state index in [9.17, 15) is 4.79 Å². The van der Waals surface area contributed by atoms with Gasteiger partial charge in [0.2, 0.25) is 0 Å². The Balaban J connectivity index is 1.32. The van der Waals surface area contributed by atoms with Crippen molar-refractivity contribution in [3.05, 3.63) is 55.0 Å². The molecule has 1 saturated heterocycles. The third kappa shape index (κ3) is 3.43. The lowest BCUT2D eigenvalue weighted by Crippen LogP contribution is -2.39. The van der Waals surface area contributed by atoms with Gasteiger partial charge in [-0.25, -0.2) is 15.0 Å². The molecule has 1 aliphatic heterocycles. The highest BCUT2D eigenvalue weighted by molar-refractivity contribution is 5.75. The average Bonchev–Trinajstić information content (AvgIpc) is 3.24. The molecule has 7 heteroatoms. The molecule has 5 rings (SSSR count). The minimum atomic E-state index is -0.196. The summed E-state index contributed by atoms with van der Waals surface area (Å²) in [5.41, 5.74) is 4.14. The number of piperidine rings is 1. The molecule has 1 aliphatic rings. The van der Waals surface area contributed by atoms with Crippen molar-refractivity contribution in [2.24, 2.45) is 5.41 Å². The van der Waals surface area contributed by atoms with Crippen LogP contribution < -0.4 is 4.90 Å². The summed E-state index contributed by atoms with van der Waals surface area (Å²) < 4.78 is 0. The number of nitrogens with one attached hydrogen (secondary N) is 1. The fraction of sp³-hybridized carbons (Fsp3) is 0.261. The smallest absolute Gasteiger partial charge is 0.178 e. The molecular weight excluding hydrogens is 376 g/mol. The van der Waals surface area contributed by atoms with Gasteiger partial charge in [0.15, 0.2) is 5.65 Å². The Kier molecular flexibility index (Phi) is 4.50. The maximum atomic E-state index is 11.2. The van der Waals surface area contributed by atoms with Crippen LogP contribution in [-0.2, 0) is 4.79 Å². The monoisotopic (exact) mass is 398 g/mol. The SMILES string of the molecule is CC1(C=O)CCN(c2ccc(-c3ccc(-c4nc5ncccc5[nH]4)cn3)cn2)CC1. The predicted molar refractivity (Wildman–Crippen MR) is 116 cm³/mol. The lowest BCUT2D eigenvalue weighted by atomic mass is 9.82. The summed E-state index contributed by atoms with van der Waals surface area (Å²) in [6.07, 6.45) is 8.22. The van der Waals surface area contributed by atoms with Crippen LogP contribution in [-0.4, -0.2) is 44.3 Å². The molecule has 150 valence electrons. The van der Waals surface area contributed by atoms with E-state index in [1.54, 1.807) is 6.20 Å². The Bertz CT molecular complexity index is 1140. The molecule has 0 saturated carbocycles. The lowest BCUT2D eigenvalue weighted by Gasteiger charge is -2.36. The number of fused-ring (bicyclic) bond motifs is 1. The molecule has 0 aliphatic carbocycles. The van der Waals surface area contributed by atoms with E-state index in [0.717, 1.165) is 66.2 Å². The van der Waals surface area contributed by atoms with Crippen LogP contribution in [0, 0.1) is 5.41 Å². The minimum Gasteiger partial charge on any atom is -0.357 e. The van der Waals surface area contributed by atoms with E-state index in [4.69, 9.17) is 0 Å². The molecule has 30 heavy (non-hydrogen) atoms. The van der Waals surface area contributed by atoms with Crippen molar-refractivity contribution >= 4 is 23.3 Å². The highest BCUT2D eigenvalue weighted by Crippen LogP contribution is 2.31. The molecule has 1 N–H and O–H groups in total. The van der Waals surface area contributed by atoms with Gasteiger partial charge >= 0.3 is 0 Å². The summed E-state index contributed by atoms with van der Waals surface area (Å²) in [6, 6.07) is 11.9. The van der Waals surface area contributed by atoms with Crippen molar-refractivity contribution in [3.63, 3.8) is 0 Å². The number of nitrogens with zero attached hydrogens (tertiary/aromatic N) is 5. The van der Waals surface area contributed by atoms with E-state index >= 15 is 0 Å². The number of hydrogen-bond donors (Lipinski definition) is 1. The molecule has 0 bridgehead atoms. The molecule has 0 amide bonds. The molecule has 5 heterocycles. The van der Waals surface area contributed by atoms with Crippen molar-refractivity contribution in [3.8, 4) is 22.6 Å². The number of rotatable bonds is 4. The summed E-state index contributed by atoms with van der Waals surface area (Å²) in [6.45, 7) is 3.73. The van der Waals surface area contributed by atoms with Gasteiger partial charge in [-0.2, -0.15) is 0 Å². The lowest BCUT2D eigenvalue weighted by molar-refractivity contribution is -0.116. The quantitative estimate of drug-likeness (QED) is 0.525. The summed E-state index contributed by atoms with van der Waals surface area (Å²) in [7, 11) is 0.